The first-order chi connectivity index (χ1) is 6.93. The monoisotopic (exact) mass is 190 g/mol. The molecule has 2 fully saturated rings. The molecule has 78 valence electrons. The van der Waals surface area contributed by atoms with E-state index in [1.54, 1.807) is 12.8 Å². The number of rotatable bonds is 0. The van der Waals surface area contributed by atoms with Crippen LogP contribution in [-0.2, 0) is 0 Å². The molecule has 0 nitrogen and oxygen atoms in total. The Morgan fingerprint density at radius 3 is 2.71 bits per heavy atom. The maximum atomic E-state index is 2.58. The van der Waals surface area contributed by atoms with E-state index in [0.717, 1.165) is 17.8 Å². The van der Waals surface area contributed by atoms with Gasteiger partial charge in [-0.2, -0.15) is 0 Å². The van der Waals surface area contributed by atoms with Gasteiger partial charge in [-0.05, 0) is 56.3 Å². The third-order valence-corrected chi connectivity index (χ3v) is 4.84. The van der Waals surface area contributed by atoms with E-state index in [2.05, 4.69) is 6.08 Å². The molecule has 3 rings (SSSR count). The lowest BCUT2D eigenvalue weighted by Crippen LogP contribution is -2.30. The third-order valence-electron chi connectivity index (χ3n) is 4.84. The summed E-state index contributed by atoms with van der Waals surface area (Å²) in [5.74, 6) is 3.22. The SMILES string of the molecule is C1=C2CC3CCCCC3CC2CCC1. The van der Waals surface area contributed by atoms with Crippen molar-refractivity contribution in [2.24, 2.45) is 17.8 Å². The summed E-state index contributed by atoms with van der Waals surface area (Å²) < 4.78 is 0. The lowest BCUT2D eigenvalue weighted by Gasteiger charge is -2.42. The van der Waals surface area contributed by atoms with Gasteiger partial charge in [-0.1, -0.05) is 30.9 Å². The standard InChI is InChI=1S/C14H22/c1-2-6-12-10-14-8-4-3-7-13(14)9-11(12)5-1/h5,12-14H,1-4,6-10H2. The Morgan fingerprint density at radius 1 is 0.929 bits per heavy atom. The lowest BCUT2D eigenvalue weighted by atomic mass is 9.63. The van der Waals surface area contributed by atoms with E-state index in [0.29, 0.717) is 0 Å². The van der Waals surface area contributed by atoms with E-state index < -0.39 is 0 Å². The molecule has 0 amide bonds. The Balaban J connectivity index is 1.76. The zero-order valence-electron chi connectivity index (χ0n) is 9.17. The van der Waals surface area contributed by atoms with Gasteiger partial charge in [0.2, 0.25) is 0 Å². The average Bonchev–Trinajstić information content (AvgIpc) is 2.26. The molecule has 3 aliphatic carbocycles. The second-order valence-electron chi connectivity index (χ2n) is 5.65. The van der Waals surface area contributed by atoms with E-state index in [9.17, 15) is 0 Å². The summed E-state index contributed by atoms with van der Waals surface area (Å²) in [7, 11) is 0. The average molecular weight is 190 g/mol. The molecule has 0 aliphatic heterocycles. The van der Waals surface area contributed by atoms with Crippen molar-refractivity contribution in [2.45, 2.75) is 57.8 Å². The van der Waals surface area contributed by atoms with E-state index in [1.807, 2.05) is 5.57 Å². The molecule has 0 aromatic heterocycles. The number of fused-ring (bicyclic) bond motifs is 2. The first kappa shape index (κ1) is 9.00. The minimum Gasteiger partial charge on any atom is -0.0850 e. The van der Waals surface area contributed by atoms with Crippen molar-refractivity contribution < 1.29 is 0 Å². The largest absolute Gasteiger partial charge is 0.0850 e. The third kappa shape index (κ3) is 1.53. The van der Waals surface area contributed by atoms with Crippen LogP contribution in [0.3, 0.4) is 0 Å². The molecule has 0 radical (unpaired) electrons. The highest BCUT2D eigenvalue weighted by Gasteiger charge is 2.35. The van der Waals surface area contributed by atoms with E-state index in [1.165, 1.54) is 44.9 Å². The van der Waals surface area contributed by atoms with Crippen LogP contribution >= 0.6 is 0 Å². The molecule has 0 aromatic carbocycles. The van der Waals surface area contributed by atoms with Crippen LogP contribution in [-0.4, -0.2) is 0 Å². The summed E-state index contributed by atoms with van der Waals surface area (Å²) in [6.07, 6.45) is 16.1. The molecule has 0 heterocycles. The van der Waals surface area contributed by atoms with Crippen LogP contribution in [0.1, 0.15) is 57.8 Å². The quantitative estimate of drug-likeness (QED) is 0.499. The molecular weight excluding hydrogens is 168 g/mol. The zero-order chi connectivity index (χ0) is 9.38. The summed E-state index contributed by atoms with van der Waals surface area (Å²) in [5, 5.41) is 0. The van der Waals surface area contributed by atoms with Crippen molar-refractivity contribution in [3.63, 3.8) is 0 Å². The summed E-state index contributed by atoms with van der Waals surface area (Å²) in [4.78, 5) is 0. The van der Waals surface area contributed by atoms with Crippen LogP contribution < -0.4 is 0 Å². The van der Waals surface area contributed by atoms with Gasteiger partial charge in [0, 0.05) is 0 Å². The maximum Gasteiger partial charge on any atom is -0.0200 e. The van der Waals surface area contributed by atoms with E-state index >= 15 is 0 Å². The Hall–Kier alpha value is -0.260. The topological polar surface area (TPSA) is 0 Å². The van der Waals surface area contributed by atoms with E-state index in [-0.39, 0.29) is 0 Å². The predicted molar refractivity (Wildman–Crippen MR) is 60.1 cm³/mol. The van der Waals surface area contributed by atoms with Crippen LogP contribution in [0.2, 0.25) is 0 Å². The molecule has 3 unspecified atom stereocenters. The van der Waals surface area contributed by atoms with Crippen LogP contribution in [0.5, 0.6) is 0 Å². The fourth-order valence-electron chi connectivity index (χ4n) is 4.05. The molecule has 0 spiro atoms. The van der Waals surface area contributed by atoms with Crippen LogP contribution in [0.4, 0.5) is 0 Å². The van der Waals surface area contributed by atoms with Crippen molar-refractivity contribution in [2.75, 3.05) is 0 Å². The Morgan fingerprint density at radius 2 is 1.79 bits per heavy atom. The van der Waals surface area contributed by atoms with Crippen molar-refractivity contribution in [1.82, 2.24) is 0 Å². The number of hydrogen-bond donors (Lipinski definition) is 0. The van der Waals surface area contributed by atoms with E-state index in [4.69, 9.17) is 0 Å². The van der Waals surface area contributed by atoms with Crippen molar-refractivity contribution in [3.8, 4) is 0 Å². The van der Waals surface area contributed by atoms with Gasteiger partial charge in [-0.15, -0.1) is 0 Å². The molecule has 14 heavy (non-hydrogen) atoms. The first-order valence-corrected chi connectivity index (χ1v) is 6.62. The molecule has 0 bridgehead atoms. The molecule has 3 atom stereocenters. The van der Waals surface area contributed by atoms with Crippen molar-refractivity contribution in [3.05, 3.63) is 11.6 Å². The highest BCUT2D eigenvalue weighted by molar-refractivity contribution is 5.14. The Bertz CT molecular complexity index is 238. The van der Waals surface area contributed by atoms with Gasteiger partial charge in [0.05, 0.1) is 0 Å². The Labute approximate surface area is 87.8 Å². The predicted octanol–water partition coefficient (Wildman–Crippen LogP) is 4.31. The summed E-state index contributed by atoms with van der Waals surface area (Å²) >= 11 is 0. The Kier molecular flexibility index (Phi) is 2.39. The van der Waals surface area contributed by atoms with Crippen molar-refractivity contribution in [1.29, 1.82) is 0 Å². The van der Waals surface area contributed by atoms with Crippen molar-refractivity contribution >= 4 is 0 Å². The van der Waals surface area contributed by atoms with Gasteiger partial charge in [0.1, 0.15) is 0 Å². The van der Waals surface area contributed by atoms with Crippen LogP contribution in [0, 0.1) is 17.8 Å². The van der Waals surface area contributed by atoms with Crippen LogP contribution in [0.15, 0.2) is 11.6 Å². The highest BCUT2D eigenvalue weighted by atomic mass is 14.4. The minimum atomic E-state index is 1.02. The zero-order valence-corrected chi connectivity index (χ0v) is 9.17. The first-order valence-electron chi connectivity index (χ1n) is 6.62. The molecule has 0 aromatic rings. The second kappa shape index (κ2) is 3.72. The maximum absolute atomic E-state index is 2.58. The summed E-state index contributed by atoms with van der Waals surface area (Å²) in [6, 6.07) is 0. The smallest absolute Gasteiger partial charge is 0.0200 e. The molecule has 0 N–H and O–H groups in total. The fraction of sp³-hybridized carbons (Fsp3) is 0.857. The molecular formula is C14H22. The summed E-state index contributed by atoms with van der Waals surface area (Å²) in [5.41, 5.74) is 1.86. The normalized spacial score (nSPS) is 42.3. The van der Waals surface area contributed by atoms with Crippen LogP contribution in [0.25, 0.3) is 0 Å². The van der Waals surface area contributed by atoms with Gasteiger partial charge in [0.15, 0.2) is 0 Å². The molecule has 0 heteroatoms. The molecule has 0 saturated heterocycles. The number of hydrogen-bond acceptors (Lipinski definition) is 0. The fourth-order valence-corrected chi connectivity index (χ4v) is 4.05. The van der Waals surface area contributed by atoms with Gasteiger partial charge < -0.3 is 0 Å². The van der Waals surface area contributed by atoms with Gasteiger partial charge in [-0.3, -0.25) is 0 Å². The van der Waals surface area contributed by atoms with Gasteiger partial charge in [-0.25, -0.2) is 0 Å². The molecule has 2 saturated carbocycles. The summed E-state index contributed by atoms with van der Waals surface area (Å²) in [6.45, 7) is 0. The number of allylic oxidation sites excluding steroid dienone is 2. The minimum absolute atomic E-state index is 1.02. The van der Waals surface area contributed by atoms with Gasteiger partial charge >= 0.3 is 0 Å². The lowest BCUT2D eigenvalue weighted by molar-refractivity contribution is 0.160. The molecule has 3 aliphatic rings. The highest BCUT2D eigenvalue weighted by Crippen LogP contribution is 2.47. The second-order valence-corrected chi connectivity index (χ2v) is 5.65. The van der Waals surface area contributed by atoms with Gasteiger partial charge in [0.25, 0.3) is 0 Å².